The molecule has 0 bridgehead atoms. The Kier molecular flexibility index (Phi) is 4.93. The van der Waals surface area contributed by atoms with Crippen molar-refractivity contribution in [3.05, 3.63) is 53.7 Å². The van der Waals surface area contributed by atoms with Crippen molar-refractivity contribution in [2.24, 2.45) is 5.92 Å². The van der Waals surface area contributed by atoms with Crippen LogP contribution in [-0.4, -0.2) is 27.3 Å². The fraction of sp³-hybridized carbons (Fsp3) is 0.400. The van der Waals surface area contributed by atoms with Crippen molar-refractivity contribution in [3.63, 3.8) is 0 Å². The van der Waals surface area contributed by atoms with Crippen molar-refractivity contribution in [2.75, 3.05) is 0 Å². The van der Waals surface area contributed by atoms with Crippen molar-refractivity contribution >= 4 is 5.91 Å². The second kappa shape index (κ2) is 7.53. The Labute approximate surface area is 161 Å². The summed E-state index contributed by atoms with van der Waals surface area (Å²) < 4.78 is 23.8. The van der Waals surface area contributed by atoms with Crippen LogP contribution in [0.15, 0.2) is 39.3 Å². The maximum Gasteiger partial charge on any atom is 0.290 e. The maximum atomic E-state index is 13.0. The third-order valence-electron chi connectivity index (χ3n) is 4.88. The third-order valence-corrected chi connectivity index (χ3v) is 4.88. The number of nitrogens with zero attached hydrogens (tertiary/aromatic N) is 3. The summed E-state index contributed by atoms with van der Waals surface area (Å²) in [4.78, 5) is 12.3. The van der Waals surface area contributed by atoms with Crippen LogP contribution in [0, 0.1) is 11.7 Å². The van der Waals surface area contributed by atoms with Crippen LogP contribution in [-0.2, 0) is 6.42 Å². The minimum atomic E-state index is -0.328. The average molecular weight is 384 g/mol. The molecule has 7 nitrogen and oxygen atoms in total. The Hall–Kier alpha value is -3.03. The highest BCUT2D eigenvalue weighted by molar-refractivity contribution is 5.92. The number of hydrogen-bond acceptors (Lipinski definition) is 6. The van der Waals surface area contributed by atoms with E-state index in [9.17, 15) is 9.18 Å². The predicted molar refractivity (Wildman–Crippen MR) is 98.0 cm³/mol. The maximum absolute atomic E-state index is 13.0. The lowest BCUT2D eigenvalue weighted by atomic mass is 9.78. The van der Waals surface area contributed by atoms with Gasteiger partial charge in [0.15, 0.2) is 0 Å². The summed E-state index contributed by atoms with van der Waals surface area (Å²) in [5, 5.41) is 15.0. The number of rotatable bonds is 6. The molecular formula is C20H21FN4O3. The molecular weight excluding hydrogens is 363 g/mol. The van der Waals surface area contributed by atoms with Crippen LogP contribution in [0.3, 0.4) is 0 Å². The summed E-state index contributed by atoms with van der Waals surface area (Å²) in [5.41, 5.74) is 1.18. The van der Waals surface area contributed by atoms with Crippen LogP contribution < -0.4 is 5.32 Å². The molecule has 2 aromatic heterocycles. The van der Waals surface area contributed by atoms with Crippen LogP contribution in [0.25, 0.3) is 11.3 Å². The van der Waals surface area contributed by atoms with Crippen molar-refractivity contribution in [3.8, 4) is 11.3 Å². The van der Waals surface area contributed by atoms with E-state index >= 15 is 0 Å². The van der Waals surface area contributed by atoms with Gasteiger partial charge in [-0.25, -0.2) is 4.39 Å². The monoisotopic (exact) mass is 384 g/mol. The summed E-state index contributed by atoms with van der Waals surface area (Å²) in [6.45, 7) is 4.02. The molecule has 1 saturated carbocycles. The van der Waals surface area contributed by atoms with E-state index in [-0.39, 0.29) is 29.4 Å². The zero-order chi connectivity index (χ0) is 19.7. The van der Waals surface area contributed by atoms with Gasteiger partial charge >= 0.3 is 0 Å². The summed E-state index contributed by atoms with van der Waals surface area (Å²) in [6.07, 6.45) is 2.43. The lowest BCUT2D eigenvalue weighted by molar-refractivity contribution is 0.0849. The minimum Gasteiger partial charge on any atom is -0.425 e. The van der Waals surface area contributed by atoms with Gasteiger partial charge in [-0.3, -0.25) is 4.79 Å². The Morgan fingerprint density at radius 1 is 1.25 bits per heavy atom. The van der Waals surface area contributed by atoms with Crippen LogP contribution >= 0.6 is 0 Å². The summed E-state index contributed by atoms with van der Waals surface area (Å²) in [5.74, 6) is 1.45. The van der Waals surface area contributed by atoms with E-state index < -0.39 is 0 Å². The SMILES string of the molecule is CC(C)c1nnc(CC2CC(NC(=O)c3cc(-c4ccc(F)cc4)no3)C2)o1. The molecule has 1 aliphatic rings. The summed E-state index contributed by atoms with van der Waals surface area (Å²) in [7, 11) is 0. The van der Waals surface area contributed by atoms with E-state index in [1.54, 1.807) is 18.2 Å². The fourth-order valence-electron chi connectivity index (χ4n) is 3.25. The Bertz CT molecular complexity index is 958. The molecule has 0 unspecified atom stereocenters. The van der Waals surface area contributed by atoms with Gasteiger partial charge in [0.2, 0.25) is 17.5 Å². The topological polar surface area (TPSA) is 94.1 Å². The Morgan fingerprint density at radius 2 is 2.00 bits per heavy atom. The minimum absolute atomic E-state index is 0.0874. The highest BCUT2D eigenvalue weighted by atomic mass is 19.1. The standard InChI is InChI=1S/C20H21FN4O3/c1-11(2)20-24-23-18(27-20)9-12-7-15(8-12)22-19(26)17-10-16(25-28-17)13-3-5-14(21)6-4-13/h3-6,10-12,15H,7-9H2,1-2H3,(H,22,26). The van der Waals surface area contributed by atoms with Crippen molar-refractivity contribution in [2.45, 2.75) is 45.1 Å². The second-order valence-corrected chi connectivity index (χ2v) is 7.48. The van der Waals surface area contributed by atoms with Crippen LogP contribution in [0.4, 0.5) is 4.39 Å². The zero-order valence-corrected chi connectivity index (χ0v) is 15.7. The molecule has 8 heteroatoms. The van der Waals surface area contributed by atoms with Crippen molar-refractivity contribution in [1.29, 1.82) is 0 Å². The smallest absolute Gasteiger partial charge is 0.290 e. The average Bonchev–Trinajstić information content (AvgIpc) is 3.30. The van der Waals surface area contributed by atoms with Gasteiger partial charge in [-0.15, -0.1) is 10.2 Å². The van der Waals surface area contributed by atoms with Crippen molar-refractivity contribution < 1.29 is 18.1 Å². The van der Waals surface area contributed by atoms with Gasteiger partial charge in [0.25, 0.3) is 5.91 Å². The molecule has 0 atom stereocenters. The summed E-state index contributed by atoms with van der Waals surface area (Å²) in [6, 6.07) is 7.51. The number of carbonyl (C=O) groups excluding carboxylic acids is 1. The van der Waals surface area contributed by atoms with E-state index in [4.69, 9.17) is 8.94 Å². The van der Waals surface area contributed by atoms with Gasteiger partial charge in [-0.2, -0.15) is 0 Å². The number of halogens is 1. The van der Waals surface area contributed by atoms with Gasteiger partial charge in [0.1, 0.15) is 11.5 Å². The van der Waals surface area contributed by atoms with Crippen LogP contribution in [0.2, 0.25) is 0 Å². The van der Waals surface area contributed by atoms with Crippen LogP contribution in [0.1, 0.15) is 54.9 Å². The lowest BCUT2D eigenvalue weighted by Crippen LogP contribution is -2.44. The Balaban J connectivity index is 1.28. The molecule has 1 aromatic carbocycles. The second-order valence-electron chi connectivity index (χ2n) is 7.48. The molecule has 1 fully saturated rings. The first-order chi connectivity index (χ1) is 13.5. The lowest BCUT2D eigenvalue weighted by Gasteiger charge is -2.34. The molecule has 146 valence electrons. The third kappa shape index (κ3) is 3.95. The van der Waals surface area contributed by atoms with E-state index in [1.807, 2.05) is 13.8 Å². The number of amides is 1. The molecule has 0 radical (unpaired) electrons. The number of carbonyl (C=O) groups is 1. The zero-order valence-electron chi connectivity index (χ0n) is 15.7. The summed E-state index contributed by atoms with van der Waals surface area (Å²) >= 11 is 0. The van der Waals surface area contributed by atoms with Gasteiger partial charge in [0, 0.05) is 30.0 Å². The molecule has 4 rings (SSSR count). The molecule has 28 heavy (non-hydrogen) atoms. The Morgan fingerprint density at radius 3 is 2.68 bits per heavy atom. The quantitative estimate of drug-likeness (QED) is 0.696. The number of aromatic nitrogens is 3. The van der Waals surface area contributed by atoms with E-state index in [1.165, 1.54) is 12.1 Å². The number of benzene rings is 1. The van der Waals surface area contributed by atoms with Gasteiger partial charge in [0.05, 0.1) is 0 Å². The normalized spacial score (nSPS) is 18.9. The first kappa shape index (κ1) is 18.3. The first-order valence-electron chi connectivity index (χ1n) is 9.33. The molecule has 1 amide bonds. The molecule has 3 aromatic rings. The molecule has 0 aliphatic heterocycles. The number of hydrogen-bond donors (Lipinski definition) is 1. The van der Waals surface area contributed by atoms with Gasteiger partial charge in [-0.05, 0) is 43.0 Å². The predicted octanol–water partition coefficient (Wildman–Crippen LogP) is 3.74. The number of nitrogens with one attached hydrogen (secondary N) is 1. The van der Waals surface area contributed by atoms with Crippen LogP contribution in [0.5, 0.6) is 0 Å². The van der Waals surface area contributed by atoms with Gasteiger partial charge < -0.3 is 14.3 Å². The fourth-order valence-corrected chi connectivity index (χ4v) is 3.25. The van der Waals surface area contributed by atoms with E-state index in [0.29, 0.717) is 29.0 Å². The first-order valence-corrected chi connectivity index (χ1v) is 9.33. The molecule has 1 aliphatic carbocycles. The molecule has 1 N–H and O–H groups in total. The van der Waals surface area contributed by atoms with E-state index in [2.05, 4.69) is 20.7 Å². The van der Waals surface area contributed by atoms with E-state index in [0.717, 1.165) is 19.3 Å². The molecule has 0 spiro atoms. The highest BCUT2D eigenvalue weighted by Gasteiger charge is 2.32. The van der Waals surface area contributed by atoms with Crippen molar-refractivity contribution in [1.82, 2.24) is 20.7 Å². The van der Waals surface area contributed by atoms with Gasteiger partial charge in [-0.1, -0.05) is 19.0 Å². The highest BCUT2D eigenvalue weighted by Crippen LogP contribution is 2.31. The largest absolute Gasteiger partial charge is 0.425 e. The molecule has 2 heterocycles. The molecule has 0 saturated heterocycles.